The van der Waals surface area contributed by atoms with Crippen LogP contribution in [0.5, 0.6) is 0 Å². The minimum absolute atomic E-state index is 0.180. The average Bonchev–Trinajstić information content (AvgIpc) is 2.68. The fourth-order valence-corrected chi connectivity index (χ4v) is 1.80. The highest BCUT2D eigenvalue weighted by molar-refractivity contribution is 5.77. The van der Waals surface area contributed by atoms with Crippen LogP contribution in [0.2, 0.25) is 0 Å². The largest absolute Gasteiger partial charge is 0.441 e. The van der Waals surface area contributed by atoms with Crippen molar-refractivity contribution in [2.45, 2.75) is 27.2 Å². The predicted molar refractivity (Wildman–Crippen MR) is 74.7 cm³/mol. The summed E-state index contributed by atoms with van der Waals surface area (Å²) in [6, 6.07) is 5.99. The van der Waals surface area contributed by atoms with E-state index < -0.39 is 0 Å². The molecule has 1 aromatic heterocycles. The summed E-state index contributed by atoms with van der Waals surface area (Å²) >= 11 is 0. The number of nitrogens with zero attached hydrogens (tertiary/aromatic N) is 1. The molecular formula is C14H21N3O. The number of nitrogens with one attached hydrogen (secondary N) is 1. The molecule has 98 valence electrons. The summed E-state index contributed by atoms with van der Waals surface area (Å²) < 4.78 is 5.51. The van der Waals surface area contributed by atoms with Crippen molar-refractivity contribution in [3.63, 3.8) is 0 Å². The number of nitrogens with two attached hydrogens (primary N) is 1. The Labute approximate surface area is 108 Å². The lowest BCUT2D eigenvalue weighted by Crippen LogP contribution is -2.26. The van der Waals surface area contributed by atoms with Crippen LogP contribution in [-0.4, -0.2) is 18.1 Å². The summed E-state index contributed by atoms with van der Waals surface area (Å²) in [5.41, 5.74) is 8.69. The molecule has 0 radical (unpaired) electrons. The first-order valence-electron chi connectivity index (χ1n) is 6.31. The van der Waals surface area contributed by atoms with Crippen LogP contribution in [0.25, 0.3) is 11.1 Å². The van der Waals surface area contributed by atoms with Gasteiger partial charge in [-0.05, 0) is 30.5 Å². The second kappa shape index (κ2) is 4.98. The molecule has 1 heterocycles. The molecule has 0 atom stereocenters. The van der Waals surface area contributed by atoms with E-state index in [-0.39, 0.29) is 5.41 Å². The first kappa shape index (κ1) is 12.9. The van der Waals surface area contributed by atoms with Crippen LogP contribution >= 0.6 is 0 Å². The smallest absolute Gasteiger partial charge is 0.192 e. The number of aromatic nitrogens is 1. The number of fused-ring (bicyclic) bond motifs is 1. The molecule has 0 fully saturated rings. The van der Waals surface area contributed by atoms with Gasteiger partial charge in [0, 0.05) is 25.2 Å². The molecule has 0 aliphatic heterocycles. The molecule has 3 N–H and O–H groups in total. The highest BCUT2D eigenvalue weighted by Crippen LogP contribution is 2.21. The van der Waals surface area contributed by atoms with Gasteiger partial charge in [-0.3, -0.25) is 0 Å². The number of oxazole rings is 1. The van der Waals surface area contributed by atoms with Crippen LogP contribution in [0, 0.1) is 12.3 Å². The van der Waals surface area contributed by atoms with Gasteiger partial charge < -0.3 is 15.5 Å². The van der Waals surface area contributed by atoms with Crippen molar-refractivity contribution in [1.29, 1.82) is 0 Å². The zero-order valence-electron chi connectivity index (χ0n) is 11.3. The van der Waals surface area contributed by atoms with Crippen molar-refractivity contribution in [3.8, 4) is 0 Å². The van der Waals surface area contributed by atoms with E-state index in [0.29, 0.717) is 12.4 Å². The molecular weight excluding hydrogens is 226 g/mol. The Morgan fingerprint density at radius 1 is 1.39 bits per heavy atom. The molecule has 4 nitrogen and oxygen atoms in total. The highest BCUT2D eigenvalue weighted by atomic mass is 16.3. The third-order valence-electron chi connectivity index (χ3n) is 3.18. The molecule has 2 aromatic rings. The van der Waals surface area contributed by atoms with E-state index in [4.69, 9.17) is 10.2 Å². The molecule has 0 saturated heterocycles. The van der Waals surface area contributed by atoms with Crippen molar-refractivity contribution >= 4 is 16.8 Å². The van der Waals surface area contributed by atoms with Crippen LogP contribution < -0.4 is 11.1 Å². The second-order valence-electron chi connectivity index (χ2n) is 5.46. The highest BCUT2D eigenvalue weighted by Gasteiger charge is 2.14. The fraction of sp³-hybridized carbons (Fsp3) is 0.500. The first-order valence-corrected chi connectivity index (χ1v) is 6.31. The summed E-state index contributed by atoms with van der Waals surface area (Å²) in [5.74, 6) is 0.700. The molecule has 18 heavy (non-hydrogen) atoms. The molecule has 4 heteroatoms. The lowest BCUT2D eigenvalue weighted by atomic mass is 9.90. The number of hydrogen-bond acceptors (Lipinski definition) is 4. The van der Waals surface area contributed by atoms with Gasteiger partial charge in [-0.1, -0.05) is 13.8 Å². The molecule has 0 amide bonds. The maximum atomic E-state index is 5.71. The van der Waals surface area contributed by atoms with E-state index in [1.165, 1.54) is 0 Å². The van der Waals surface area contributed by atoms with Crippen LogP contribution in [0.1, 0.15) is 26.2 Å². The molecule has 0 aliphatic rings. The normalized spacial score (nSPS) is 12.0. The molecule has 0 spiro atoms. The predicted octanol–water partition coefficient (Wildman–Crippen LogP) is 2.92. The summed E-state index contributed by atoms with van der Waals surface area (Å²) in [5, 5.41) is 3.39. The summed E-state index contributed by atoms with van der Waals surface area (Å²) in [7, 11) is 0. The monoisotopic (exact) mass is 247 g/mol. The zero-order chi connectivity index (χ0) is 13.2. The lowest BCUT2D eigenvalue weighted by molar-refractivity contribution is 0.358. The van der Waals surface area contributed by atoms with Crippen molar-refractivity contribution < 1.29 is 4.42 Å². The van der Waals surface area contributed by atoms with E-state index >= 15 is 0 Å². The van der Waals surface area contributed by atoms with Crippen molar-refractivity contribution in [1.82, 2.24) is 4.98 Å². The third-order valence-corrected chi connectivity index (χ3v) is 3.18. The quantitative estimate of drug-likeness (QED) is 0.852. The minimum atomic E-state index is 0.180. The minimum Gasteiger partial charge on any atom is -0.441 e. The van der Waals surface area contributed by atoms with Gasteiger partial charge >= 0.3 is 0 Å². The number of rotatable bonds is 5. The fourth-order valence-electron chi connectivity index (χ4n) is 1.80. The van der Waals surface area contributed by atoms with Crippen LogP contribution in [0.4, 0.5) is 5.69 Å². The van der Waals surface area contributed by atoms with Gasteiger partial charge in [-0.15, -0.1) is 0 Å². The zero-order valence-corrected chi connectivity index (χ0v) is 11.3. The Balaban J connectivity index is 1.99. The average molecular weight is 247 g/mol. The SMILES string of the molecule is Cc1nc2ccc(NCCC(C)(C)CN)cc2o1. The number of hydrogen-bond donors (Lipinski definition) is 2. The van der Waals surface area contributed by atoms with Gasteiger partial charge in [0.1, 0.15) is 5.52 Å². The third kappa shape index (κ3) is 3.01. The van der Waals surface area contributed by atoms with Crippen LogP contribution in [0.3, 0.4) is 0 Å². The van der Waals surface area contributed by atoms with Gasteiger partial charge in [0.15, 0.2) is 11.5 Å². The Hall–Kier alpha value is -1.55. The summed E-state index contributed by atoms with van der Waals surface area (Å²) in [4.78, 5) is 4.28. The van der Waals surface area contributed by atoms with Gasteiger partial charge in [0.05, 0.1) is 0 Å². The van der Waals surface area contributed by atoms with E-state index in [9.17, 15) is 0 Å². The molecule has 2 rings (SSSR count). The second-order valence-corrected chi connectivity index (χ2v) is 5.46. The standard InChI is InChI=1S/C14H21N3O/c1-10-17-12-5-4-11(8-13(12)18-10)16-7-6-14(2,3)9-15/h4-5,8,16H,6-7,9,15H2,1-3H3. The van der Waals surface area contributed by atoms with E-state index in [1.54, 1.807) is 0 Å². The van der Waals surface area contributed by atoms with Crippen LogP contribution in [0.15, 0.2) is 22.6 Å². The Morgan fingerprint density at radius 2 is 2.17 bits per heavy atom. The molecule has 0 saturated carbocycles. The molecule has 0 unspecified atom stereocenters. The number of aryl methyl sites for hydroxylation is 1. The lowest BCUT2D eigenvalue weighted by Gasteiger charge is -2.22. The van der Waals surface area contributed by atoms with Crippen molar-refractivity contribution in [3.05, 3.63) is 24.1 Å². The molecule has 0 aliphatic carbocycles. The first-order chi connectivity index (χ1) is 8.50. The van der Waals surface area contributed by atoms with Crippen molar-refractivity contribution in [2.75, 3.05) is 18.4 Å². The Bertz CT molecular complexity index is 531. The molecule has 1 aromatic carbocycles. The van der Waals surface area contributed by atoms with Gasteiger partial charge in [0.25, 0.3) is 0 Å². The van der Waals surface area contributed by atoms with E-state index in [2.05, 4.69) is 24.1 Å². The summed E-state index contributed by atoms with van der Waals surface area (Å²) in [6.45, 7) is 7.82. The molecule has 0 bridgehead atoms. The van der Waals surface area contributed by atoms with Crippen LogP contribution in [-0.2, 0) is 0 Å². The Kier molecular flexibility index (Phi) is 3.57. The number of anilines is 1. The Morgan fingerprint density at radius 3 is 2.89 bits per heavy atom. The van der Waals surface area contributed by atoms with Gasteiger partial charge in [-0.2, -0.15) is 0 Å². The van der Waals surface area contributed by atoms with E-state index in [0.717, 1.165) is 29.8 Å². The topological polar surface area (TPSA) is 64.1 Å². The maximum absolute atomic E-state index is 5.71. The van der Waals surface area contributed by atoms with Crippen molar-refractivity contribution in [2.24, 2.45) is 11.1 Å². The number of benzene rings is 1. The van der Waals surface area contributed by atoms with Gasteiger partial charge in [0.2, 0.25) is 0 Å². The summed E-state index contributed by atoms with van der Waals surface area (Å²) in [6.07, 6.45) is 1.04. The van der Waals surface area contributed by atoms with E-state index in [1.807, 2.05) is 25.1 Å². The maximum Gasteiger partial charge on any atom is 0.192 e. The van der Waals surface area contributed by atoms with Gasteiger partial charge in [-0.25, -0.2) is 4.98 Å².